The van der Waals surface area contributed by atoms with Crippen LogP contribution in [0.3, 0.4) is 0 Å². The molecule has 1 N–H and O–H groups in total. The Morgan fingerprint density at radius 3 is 2.42 bits per heavy atom. The molecule has 0 unspecified atom stereocenters. The highest BCUT2D eigenvalue weighted by molar-refractivity contribution is 5.65. The van der Waals surface area contributed by atoms with E-state index in [1.807, 2.05) is 12.3 Å². The number of aromatic amines is 1. The molecule has 5 heteroatoms. The van der Waals surface area contributed by atoms with Gasteiger partial charge in [0.2, 0.25) is 0 Å². The second kappa shape index (κ2) is 7.28. The lowest BCUT2D eigenvalue weighted by Crippen LogP contribution is -2.33. The van der Waals surface area contributed by atoms with Gasteiger partial charge in [-0.2, -0.15) is 10.2 Å². The lowest BCUT2D eigenvalue weighted by Gasteiger charge is -2.32. The van der Waals surface area contributed by atoms with Gasteiger partial charge in [-0.1, -0.05) is 44.2 Å². The van der Waals surface area contributed by atoms with Crippen LogP contribution in [0.5, 0.6) is 0 Å². The Labute approximate surface area is 154 Å². The smallest absolute Gasteiger partial charge is 0.151 e. The second-order valence-corrected chi connectivity index (χ2v) is 7.30. The van der Waals surface area contributed by atoms with Gasteiger partial charge in [0.25, 0.3) is 0 Å². The molecule has 1 fully saturated rings. The summed E-state index contributed by atoms with van der Waals surface area (Å²) in [5.41, 5.74) is 4.77. The topological polar surface area (TPSA) is 57.7 Å². The van der Waals surface area contributed by atoms with Gasteiger partial charge in [0.05, 0.1) is 11.9 Å². The normalized spacial score (nSPS) is 15.6. The lowest BCUT2D eigenvalue weighted by molar-refractivity contribution is 0.492. The van der Waals surface area contributed by atoms with Crippen molar-refractivity contribution in [2.75, 3.05) is 18.0 Å². The highest BCUT2D eigenvalue weighted by atomic mass is 15.3. The molecule has 0 bridgehead atoms. The molecule has 3 aromatic rings. The van der Waals surface area contributed by atoms with Gasteiger partial charge in [-0.15, -0.1) is 5.10 Å². The molecule has 0 radical (unpaired) electrons. The Hall–Kier alpha value is -2.69. The maximum absolute atomic E-state index is 4.43. The van der Waals surface area contributed by atoms with Crippen LogP contribution in [0.1, 0.15) is 49.9 Å². The van der Waals surface area contributed by atoms with E-state index in [9.17, 15) is 0 Å². The molecule has 1 aromatic carbocycles. The molecule has 1 aliphatic rings. The van der Waals surface area contributed by atoms with E-state index in [-0.39, 0.29) is 0 Å². The summed E-state index contributed by atoms with van der Waals surface area (Å²) in [5.74, 6) is 1.91. The number of piperidine rings is 1. The molecule has 4 rings (SSSR count). The second-order valence-electron chi connectivity index (χ2n) is 7.30. The van der Waals surface area contributed by atoms with E-state index in [4.69, 9.17) is 0 Å². The van der Waals surface area contributed by atoms with Gasteiger partial charge < -0.3 is 4.90 Å². The Balaban J connectivity index is 1.45. The van der Waals surface area contributed by atoms with Crippen LogP contribution in [-0.2, 0) is 0 Å². The minimum atomic E-state index is 0.416. The Kier molecular flexibility index (Phi) is 4.69. The minimum absolute atomic E-state index is 0.416. The largest absolute Gasteiger partial charge is 0.355 e. The molecule has 1 aliphatic heterocycles. The van der Waals surface area contributed by atoms with Crippen molar-refractivity contribution in [3.8, 4) is 11.1 Å². The predicted octanol–water partition coefficient (Wildman–Crippen LogP) is 4.37. The molecule has 3 heterocycles. The van der Waals surface area contributed by atoms with Crippen molar-refractivity contribution in [2.45, 2.75) is 38.5 Å². The molecule has 26 heavy (non-hydrogen) atoms. The number of aromatic nitrogens is 4. The summed E-state index contributed by atoms with van der Waals surface area (Å²) < 4.78 is 0. The standard InChI is InChI=1S/C21H25N5/c1-15(2)19-8-9-20(24-23-19)26-12-10-17(11-13-26)21-18(14-22-25-21)16-6-4-3-5-7-16/h3-9,14-15,17H,10-13H2,1-2H3,(H,22,25). The van der Waals surface area contributed by atoms with Gasteiger partial charge in [0, 0.05) is 30.3 Å². The third kappa shape index (κ3) is 3.34. The SMILES string of the molecule is CC(C)c1ccc(N2CCC(c3[nH]ncc3-c3ccccc3)CC2)nn1. The lowest BCUT2D eigenvalue weighted by atomic mass is 9.89. The summed E-state index contributed by atoms with van der Waals surface area (Å²) in [7, 11) is 0. The van der Waals surface area contributed by atoms with Crippen molar-refractivity contribution < 1.29 is 0 Å². The Morgan fingerprint density at radius 1 is 1.00 bits per heavy atom. The molecule has 5 nitrogen and oxygen atoms in total. The van der Waals surface area contributed by atoms with E-state index in [1.54, 1.807) is 0 Å². The molecule has 134 valence electrons. The number of nitrogens with zero attached hydrogens (tertiary/aromatic N) is 4. The van der Waals surface area contributed by atoms with Gasteiger partial charge in [0.15, 0.2) is 5.82 Å². The molecule has 0 amide bonds. The molecule has 0 saturated carbocycles. The summed E-state index contributed by atoms with van der Waals surface area (Å²) in [5, 5.41) is 16.4. The fourth-order valence-corrected chi connectivity index (χ4v) is 3.66. The first-order chi connectivity index (χ1) is 12.7. The number of benzene rings is 1. The van der Waals surface area contributed by atoms with Crippen LogP contribution < -0.4 is 4.90 Å². The zero-order valence-corrected chi connectivity index (χ0v) is 15.4. The van der Waals surface area contributed by atoms with Crippen molar-refractivity contribution in [3.05, 3.63) is 60.0 Å². The van der Waals surface area contributed by atoms with Crippen LogP contribution >= 0.6 is 0 Å². The third-order valence-electron chi connectivity index (χ3n) is 5.24. The van der Waals surface area contributed by atoms with Crippen molar-refractivity contribution in [1.29, 1.82) is 0 Å². The first kappa shape index (κ1) is 16.8. The van der Waals surface area contributed by atoms with Gasteiger partial charge in [-0.3, -0.25) is 5.10 Å². The number of hydrogen-bond donors (Lipinski definition) is 1. The van der Waals surface area contributed by atoms with Crippen LogP contribution in [-0.4, -0.2) is 33.5 Å². The minimum Gasteiger partial charge on any atom is -0.355 e. The molecular weight excluding hydrogens is 322 g/mol. The van der Waals surface area contributed by atoms with E-state index < -0.39 is 0 Å². The summed E-state index contributed by atoms with van der Waals surface area (Å²) in [6, 6.07) is 14.7. The molecule has 0 spiro atoms. The van der Waals surface area contributed by atoms with Crippen molar-refractivity contribution in [3.63, 3.8) is 0 Å². The Morgan fingerprint density at radius 2 is 1.77 bits per heavy atom. The highest BCUT2D eigenvalue weighted by Crippen LogP contribution is 2.34. The monoisotopic (exact) mass is 347 g/mol. The average Bonchev–Trinajstić information content (AvgIpc) is 3.19. The molecule has 0 atom stereocenters. The van der Waals surface area contributed by atoms with E-state index in [0.717, 1.165) is 37.4 Å². The predicted molar refractivity (Wildman–Crippen MR) is 104 cm³/mol. The molecule has 0 aliphatic carbocycles. The molecule has 2 aromatic heterocycles. The van der Waals surface area contributed by atoms with E-state index in [1.165, 1.54) is 16.8 Å². The average molecular weight is 347 g/mol. The summed E-state index contributed by atoms with van der Waals surface area (Å²) >= 11 is 0. The zero-order valence-electron chi connectivity index (χ0n) is 15.4. The third-order valence-corrected chi connectivity index (χ3v) is 5.24. The van der Waals surface area contributed by atoms with Crippen LogP contribution in [0.2, 0.25) is 0 Å². The van der Waals surface area contributed by atoms with Crippen LogP contribution in [0, 0.1) is 0 Å². The molecular formula is C21H25N5. The van der Waals surface area contributed by atoms with Gasteiger partial charge in [-0.05, 0) is 36.5 Å². The fourth-order valence-electron chi connectivity index (χ4n) is 3.66. The van der Waals surface area contributed by atoms with Crippen molar-refractivity contribution in [2.24, 2.45) is 0 Å². The first-order valence-corrected chi connectivity index (χ1v) is 9.39. The van der Waals surface area contributed by atoms with Crippen LogP contribution in [0.4, 0.5) is 5.82 Å². The summed E-state index contributed by atoms with van der Waals surface area (Å²) in [6.45, 7) is 6.27. The molecule has 1 saturated heterocycles. The number of H-pyrrole nitrogens is 1. The summed E-state index contributed by atoms with van der Waals surface area (Å²) in [4.78, 5) is 2.34. The van der Waals surface area contributed by atoms with Crippen molar-refractivity contribution >= 4 is 5.82 Å². The fraction of sp³-hybridized carbons (Fsp3) is 0.381. The number of anilines is 1. The summed E-state index contributed by atoms with van der Waals surface area (Å²) in [6.07, 6.45) is 4.14. The maximum atomic E-state index is 4.43. The number of nitrogens with one attached hydrogen (secondary N) is 1. The van der Waals surface area contributed by atoms with Crippen LogP contribution in [0.15, 0.2) is 48.7 Å². The van der Waals surface area contributed by atoms with Gasteiger partial charge in [-0.25, -0.2) is 0 Å². The Bertz CT molecular complexity index is 830. The highest BCUT2D eigenvalue weighted by Gasteiger charge is 2.25. The van der Waals surface area contributed by atoms with Crippen LogP contribution in [0.25, 0.3) is 11.1 Å². The first-order valence-electron chi connectivity index (χ1n) is 9.39. The van der Waals surface area contributed by atoms with E-state index in [2.05, 4.69) is 75.5 Å². The van der Waals surface area contributed by atoms with Gasteiger partial charge >= 0.3 is 0 Å². The van der Waals surface area contributed by atoms with Crippen molar-refractivity contribution in [1.82, 2.24) is 20.4 Å². The number of hydrogen-bond acceptors (Lipinski definition) is 4. The zero-order chi connectivity index (χ0) is 17.9. The van der Waals surface area contributed by atoms with E-state index in [0.29, 0.717) is 11.8 Å². The van der Waals surface area contributed by atoms with E-state index >= 15 is 0 Å². The van der Waals surface area contributed by atoms with Gasteiger partial charge in [0.1, 0.15) is 0 Å². The number of rotatable bonds is 4. The maximum Gasteiger partial charge on any atom is 0.151 e. The quantitative estimate of drug-likeness (QED) is 0.761.